The maximum Gasteiger partial charge on any atom is 0.251 e. The molecule has 0 bridgehead atoms. The van der Waals surface area contributed by atoms with Crippen molar-refractivity contribution in [3.8, 4) is 5.75 Å². The molecule has 0 saturated carbocycles. The third kappa shape index (κ3) is 3.26. The topological polar surface area (TPSA) is 52.6 Å². The highest BCUT2D eigenvalue weighted by molar-refractivity contribution is 5.94. The lowest BCUT2D eigenvalue weighted by atomic mass is 9.94. The molecule has 1 aromatic rings. The highest BCUT2D eigenvalue weighted by Crippen LogP contribution is 2.19. The number of piperidine rings is 1. The molecule has 2 rings (SSSR count). The molecule has 1 heterocycles. The van der Waals surface area contributed by atoms with Crippen molar-refractivity contribution in [2.45, 2.75) is 26.3 Å². The van der Waals surface area contributed by atoms with Crippen LogP contribution in [0.5, 0.6) is 5.75 Å². The number of nitrogens with one attached hydrogen (secondary N) is 1. The second-order valence-corrected chi connectivity index (χ2v) is 5.61. The van der Waals surface area contributed by atoms with Gasteiger partial charge in [0.05, 0.1) is 0 Å². The van der Waals surface area contributed by atoms with E-state index in [1.54, 1.807) is 12.1 Å². The van der Waals surface area contributed by atoms with E-state index in [0.717, 1.165) is 25.1 Å². The van der Waals surface area contributed by atoms with Gasteiger partial charge in [0, 0.05) is 18.2 Å². The maximum absolute atomic E-state index is 12.2. The summed E-state index contributed by atoms with van der Waals surface area (Å²) in [4.78, 5) is 14.5. The molecular formula is C15H22N2O2. The van der Waals surface area contributed by atoms with Gasteiger partial charge in [0.2, 0.25) is 0 Å². The molecular weight excluding hydrogens is 240 g/mol. The third-order valence-corrected chi connectivity index (χ3v) is 3.90. The number of amides is 1. The molecule has 4 nitrogen and oxygen atoms in total. The first-order valence-corrected chi connectivity index (χ1v) is 6.76. The van der Waals surface area contributed by atoms with E-state index in [-0.39, 0.29) is 17.7 Å². The highest BCUT2D eigenvalue weighted by Gasteiger charge is 2.25. The summed E-state index contributed by atoms with van der Waals surface area (Å²) in [5.41, 5.74) is 1.30. The molecule has 1 fully saturated rings. The van der Waals surface area contributed by atoms with Crippen molar-refractivity contribution in [2.24, 2.45) is 5.92 Å². The van der Waals surface area contributed by atoms with Crippen LogP contribution in [0.15, 0.2) is 18.2 Å². The Balaban J connectivity index is 2.02. The van der Waals surface area contributed by atoms with Gasteiger partial charge in [0.25, 0.3) is 5.91 Å². The van der Waals surface area contributed by atoms with Crippen molar-refractivity contribution in [2.75, 3.05) is 20.1 Å². The quantitative estimate of drug-likeness (QED) is 0.854. The molecule has 2 unspecified atom stereocenters. The Labute approximate surface area is 114 Å². The van der Waals surface area contributed by atoms with Gasteiger partial charge in [-0.05, 0) is 50.6 Å². The number of aryl methyl sites for hydroxylation is 1. The Morgan fingerprint density at radius 1 is 1.47 bits per heavy atom. The third-order valence-electron chi connectivity index (χ3n) is 3.90. The predicted octanol–water partition coefficient (Wildman–Crippen LogP) is 1.77. The van der Waals surface area contributed by atoms with Crippen LogP contribution in [0.2, 0.25) is 0 Å². The summed E-state index contributed by atoms with van der Waals surface area (Å²) in [6.07, 6.45) is 0.973. The van der Waals surface area contributed by atoms with Crippen LogP contribution in [0.3, 0.4) is 0 Å². The van der Waals surface area contributed by atoms with Crippen molar-refractivity contribution in [1.82, 2.24) is 10.2 Å². The minimum atomic E-state index is -0.100. The normalized spacial score (nSPS) is 24.2. The second-order valence-electron chi connectivity index (χ2n) is 5.61. The van der Waals surface area contributed by atoms with Gasteiger partial charge >= 0.3 is 0 Å². The first-order chi connectivity index (χ1) is 8.97. The number of hydrogen-bond acceptors (Lipinski definition) is 3. The predicted molar refractivity (Wildman–Crippen MR) is 75.4 cm³/mol. The van der Waals surface area contributed by atoms with Gasteiger partial charge in [-0.3, -0.25) is 4.79 Å². The molecule has 1 aliphatic heterocycles. The number of phenolic OH excluding ortho intramolecular Hbond substituents is 1. The van der Waals surface area contributed by atoms with Crippen molar-refractivity contribution in [1.29, 1.82) is 0 Å². The van der Waals surface area contributed by atoms with Crippen LogP contribution in [0.4, 0.5) is 0 Å². The number of likely N-dealkylation sites (tertiary alicyclic amines) is 1. The Kier molecular flexibility index (Phi) is 4.10. The largest absolute Gasteiger partial charge is 0.508 e. The van der Waals surface area contributed by atoms with Crippen LogP contribution >= 0.6 is 0 Å². The van der Waals surface area contributed by atoms with Gasteiger partial charge in [-0.25, -0.2) is 0 Å². The number of hydrogen-bond donors (Lipinski definition) is 2. The molecule has 0 radical (unpaired) electrons. The van der Waals surface area contributed by atoms with Crippen LogP contribution in [-0.2, 0) is 0 Å². The van der Waals surface area contributed by atoms with Gasteiger partial charge in [0.1, 0.15) is 5.75 Å². The second kappa shape index (κ2) is 5.61. The monoisotopic (exact) mass is 262 g/mol. The first-order valence-electron chi connectivity index (χ1n) is 6.76. The fourth-order valence-electron chi connectivity index (χ4n) is 2.57. The van der Waals surface area contributed by atoms with E-state index in [9.17, 15) is 9.90 Å². The van der Waals surface area contributed by atoms with Crippen LogP contribution in [0.25, 0.3) is 0 Å². The van der Waals surface area contributed by atoms with Gasteiger partial charge in [-0.1, -0.05) is 13.0 Å². The van der Waals surface area contributed by atoms with E-state index < -0.39 is 0 Å². The number of carbonyl (C=O) groups is 1. The lowest BCUT2D eigenvalue weighted by molar-refractivity contribution is 0.0883. The molecule has 4 heteroatoms. The van der Waals surface area contributed by atoms with Gasteiger partial charge in [-0.15, -0.1) is 0 Å². The lowest BCUT2D eigenvalue weighted by Crippen LogP contribution is -2.48. The average molecular weight is 262 g/mol. The van der Waals surface area contributed by atoms with Crippen LogP contribution in [0.1, 0.15) is 29.3 Å². The number of carbonyl (C=O) groups excluding carboxylic acids is 1. The molecule has 19 heavy (non-hydrogen) atoms. The van der Waals surface area contributed by atoms with E-state index in [0.29, 0.717) is 11.5 Å². The Bertz CT molecular complexity index is 473. The Morgan fingerprint density at radius 3 is 2.84 bits per heavy atom. The minimum absolute atomic E-state index is 0.100. The summed E-state index contributed by atoms with van der Waals surface area (Å²) in [5.74, 6) is 0.516. The van der Waals surface area contributed by atoms with Crippen molar-refractivity contribution in [3.05, 3.63) is 29.3 Å². The molecule has 1 aliphatic rings. The zero-order valence-corrected chi connectivity index (χ0v) is 11.8. The smallest absolute Gasteiger partial charge is 0.251 e. The van der Waals surface area contributed by atoms with E-state index in [1.165, 1.54) is 6.07 Å². The zero-order valence-electron chi connectivity index (χ0n) is 11.8. The summed E-state index contributed by atoms with van der Waals surface area (Å²) in [7, 11) is 2.10. The molecule has 2 atom stereocenters. The van der Waals surface area contributed by atoms with Gasteiger partial charge < -0.3 is 15.3 Å². The van der Waals surface area contributed by atoms with E-state index >= 15 is 0 Å². The molecule has 0 aliphatic carbocycles. The molecule has 2 N–H and O–H groups in total. The lowest BCUT2D eigenvalue weighted by Gasteiger charge is -2.35. The molecule has 1 aromatic carbocycles. The van der Waals surface area contributed by atoms with Crippen molar-refractivity contribution in [3.63, 3.8) is 0 Å². The first kappa shape index (κ1) is 13.9. The fraction of sp³-hybridized carbons (Fsp3) is 0.533. The van der Waals surface area contributed by atoms with Crippen molar-refractivity contribution >= 4 is 5.91 Å². The van der Waals surface area contributed by atoms with E-state index in [2.05, 4.69) is 24.2 Å². The zero-order chi connectivity index (χ0) is 14.0. The maximum atomic E-state index is 12.2. The molecule has 104 valence electrons. The van der Waals surface area contributed by atoms with Crippen molar-refractivity contribution < 1.29 is 9.90 Å². The highest BCUT2D eigenvalue weighted by atomic mass is 16.3. The number of nitrogens with zero attached hydrogens (tertiary/aromatic N) is 1. The van der Waals surface area contributed by atoms with E-state index in [4.69, 9.17) is 0 Å². The summed E-state index contributed by atoms with van der Waals surface area (Å²) in [6.45, 7) is 5.99. The van der Waals surface area contributed by atoms with E-state index in [1.807, 2.05) is 6.92 Å². The Morgan fingerprint density at radius 2 is 2.21 bits per heavy atom. The summed E-state index contributed by atoms with van der Waals surface area (Å²) in [6, 6.07) is 5.27. The Hall–Kier alpha value is -1.55. The fourth-order valence-corrected chi connectivity index (χ4v) is 2.57. The van der Waals surface area contributed by atoms with Crippen LogP contribution in [-0.4, -0.2) is 42.1 Å². The minimum Gasteiger partial charge on any atom is -0.508 e. The number of aromatic hydroxyl groups is 1. The molecule has 0 spiro atoms. The standard InChI is InChI=1S/C15H22N2O2/c1-10-4-5-12(8-14(10)18)15(19)16-13-6-7-17(3)9-11(13)2/h4-5,8,11,13,18H,6-7,9H2,1-3H3,(H,16,19). The summed E-state index contributed by atoms with van der Waals surface area (Å²) in [5, 5.41) is 12.7. The SMILES string of the molecule is Cc1ccc(C(=O)NC2CCN(C)CC2C)cc1O. The van der Waals surface area contributed by atoms with Crippen LogP contribution in [0, 0.1) is 12.8 Å². The molecule has 0 aromatic heterocycles. The molecule has 1 amide bonds. The van der Waals surface area contributed by atoms with Gasteiger partial charge in [0.15, 0.2) is 0 Å². The number of phenols is 1. The average Bonchev–Trinajstić information content (AvgIpc) is 2.36. The van der Waals surface area contributed by atoms with Crippen LogP contribution < -0.4 is 5.32 Å². The summed E-state index contributed by atoms with van der Waals surface area (Å²) >= 11 is 0. The molecule has 1 saturated heterocycles. The van der Waals surface area contributed by atoms with Gasteiger partial charge in [-0.2, -0.15) is 0 Å². The number of benzene rings is 1. The summed E-state index contributed by atoms with van der Waals surface area (Å²) < 4.78 is 0. The number of rotatable bonds is 2.